The zero-order valence-electron chi connectivity index (χ0n) is 23.5. The highest BCUT2D eigenvalue weighted by atomic mass is 32.2. The third-order valence-corrected chi connectivity index (χ3v) is 7.60. The Balaban J connectivity index is 1.74. The standard InChI is InChI=1S/C31H35N3O4S/c1-18-13-19(2)24(20(3)14-18)17-39-31-32-21(4)27(30(35)33-23-11-9-8-10-12-23)28(34-31)22-15-25(36-5)29(38-7)26(16-22)37-6/h8-16,28H,17H2,1-7H3,(H,32,34)(H,33,35)/t28-/m0/s1. The topological polar surface area (TPSA) is 81.2 Å². The number of hydrogen-bond acceptors (Lipinski definition) is 7. The quantitative estimate of drug-likeness (QED) is 0.337. The molecule has 1 heterocycles. The van der Waals surface area contributed by atoms with Crippen LogP contribution in [0, 0.1) is 20.8 Å². The fourth-order valence-electron chi connectivity index (χ4n) is 4.81. The van der Waals surface area contributed by atoms with Gasteiger partial charge in [-0.15, -0.1) is 0 Å². The first-order valence-corrected chi connectivity index (χ1v) is 13.7. The SMILES string of the molecule is COc1cc([C@@H]2N=C(SCc3c(C)cc(C)cc3C)NC(C)=C2C(=O)Nc2ccccc2)cc(OC)c1OC. The molecule has 7 nitrogen and oxygen atoms in total. The fraction of sp³-hybridized carbons (Fsp3) is 0.290. The van der Waals surface area contributed by atoms with Gasteiger partial charge in [0.2, 0.25) is 5.75 Å². The number of thioether (sulfide) groups is 1. The second kappa shape index (κ2) is 12.3. The van der Waals surface area contributed by atoms with Crippen molar-refractivity contribution in [2.45, 2.75) is 39.5 Å². The molecular weight excluding hydrogens is 510 g/mol. The number of anilines is 1. The number of para-hydroxylation sites is 1. The molecule has 0 spiro atoms. The lowest BCUT2D eigenvalue weighted by Gasteiger charge is -2.27. The van der Waals surface area contributed by atoms with Crippen LogP contribution in [-0.2, 0) is 10.5 Å². The van der Waals surface area contributed by atoms with Crippen LogP contribution >= 0.6 is 11.8 Å². The number of carbonyl (C=O) groups excluding carboxylic acids is 1. The van der Waals surface area contributed by atoms with Crippen molar-refractivity contribution in [3.63, 3.8) is 0 Å². The summed E-state index contributed by atoms with van der Waals surface area (Å²) in [6.45, 7) is 8.30. The third-order valence-electron chi connectivity index (χ3n) is 6.69. The van der Waals surface area contributed by atoms with Crippen LogP contribution in [-0.4, -0.2) is 32.4 Å². The van der Waals surface area contributed by atoms with E-state index < -0.39 is 6.04 Å². The van der Waals surface area contributed by atoms with E-state index in [0.717, 1.165) is 22.2 Å². The van der Waals surface area contributed by atoms with E-state index in [4.69, 9.17) is 19.2 Å². The van der Waals surface area contributed by atoms with Crippen molar-refractivity contribution in [2.24, 2.45) is 4.99 Å². The van der Waals surface area contributed by atoms with E-state index >= 15 is 0 Å². The smallest absolute Gasteiger partial charge is 0.255 e. The molecule has 0 saturated heterocycles. The minimum absolute atomic E-state index is 0.233. The number of ether oxygens (including phenoxy) is 3. The minimum Gasteiger partial charge on any atom is -0.493 e. The number of nitrogens with one attached hydrogen (secondary N) is 2. The molecule has 1 atom stereocenters. The van der Waals surface area contributed by atoms with Crippen molar-refractivity contribution in [3.05, 3.63) is 93.7 Å². The molecule has 0 aliphatic carbocycles. The monoisotopic (exact) mass is 545 g/mol. The number of hydrogen-bond donors (Lipinski definition) is 2. The van der Waals surface area contributed by atoms with Gasteiger partial charge in [-0.05, 0) is 74.2 Å². The van der Waals surface area contributed by atoms with Gasteiger partial charge in [0.25, 0.3) is 5.91 Å². The van der Waals surface area contributed by atoms with Crippen LogP contribution in [0.15, 0.2) is 70.9 Å². The molecule has 3 aromatic carbocycles. The molecule has 1 aliphatic heterocycles. The number of amidine groups is 1. The summed E-state index contributed by atoms with van der Waals surface area (Å²) in [5.41, 5.74) is 7.76. The molecule has 0 fully saturated rings. The molecule has 1 amide bonds. The molecule has 4 rings (SSSR count). The van der Waals surface area contributed by atoms with Gasteiger partial charge >= 0.3 is 0 Å². The summed E-state index contributed by atoms with van der Waals surface area (Å²) in [6.07, 6.45) is 0. The van der Waals surface area contributed by atoms with Crippen LogP contribution in [0.2, 0.25) is 0 Å². The van der Waals surface area contributed by atoms with Crippen LogP contribution in [0.25, 0.3) is 0 Å². The van der Waals surface area contributed by atoms with E-state index in [2.05, 4.69) is 43.5 Å². The number of nitrogens with zero attached hydrogens (tertiary/aromatic N) is 1. The molecular formula is C31H35N3O4S. The van der Waals surface area contributed by atoms with Crippen LogP contribution in [0.1, 0.15) is 40.8 Å². The Hall–Kier alpha value is -3.91. The van der Waals surface area contributed by atoms with E-state index in [9.17, 15) is 4.79 Å². The molecule has 0 bridgehead atoms. The number of allylic oxidation sites excluding steroid dienone is 1. The van der Waals surface area contributed by atoms with Gasteiger partial charge < -0.3 is 24.8 Å². The first kappa shape index (κ1) is 28.1. The maximum absolute atomic E-state index is 13.6. The van der Waals surface area contributed by atoms with Gasteiger partial charge in [0.05, 0.1) is 26.9 Å². The number of amides is 1. The van der Waals surface area contributed by atoms with Crippen molar-refractivity contribution in [1.29, 1.82) is 0 Å². The minimum atomic E-state index is -0.591. The number of methoxy groups -OCH3 is 3. The van der Waals surface area contributed by atoms with E-state index in [1.165, 1.54) is 22.3 Å². The molecule has 0 saturated carbocycles. The molecule has 0 radical (unpaired) electrons. The third kappa shape index (κ3) is 6.23. The number of aliphatic imine (C=N–C) groups is 1. The van der Waals surface area contributed by atoms with Gasteiger partial charge in [-0.2, -0.15) is 0 Å². The summed E-state index contributed by atoms with van der Waals surface area (Å²) in [7, 11) is 4.71. The van der Waals surface area contributed by atoms with Crippen molar-refractivity contribution >= 4 is 28.5 Å². The van der Waals surface area contributed by atoms with Gasteiger partial charge in [0.15, 0.2) is 16.7 Å². The Labute approximate surface area is 234 Å². The van der Waals surface area contributed by atoms with Crippen molar-refractivity contribution < 1.29 is 19.0 Å². The molecule has 8 heteroatoms. The molecule has 39 heavy (non-hydrogen) atoms. The van der Waals surface area contributed by atoms with Gasteiger partial charge in [-0.3, -0.25) is 4.79 Å². The second-order valence-corrected chi connectivity index (χ2v) is 10.4. The van der Waals surface area contributed by atoms with Gasteiger partial charge in [0.1, 0.15) is 6.04 Å². The van der Waals surface area contributed by atoms with E-state index in [-0.39, 0.29) is 5.91 Å². The number of rotatable bonds is 8. The lowest BCUT2D eigenvalue weighted by molar-refractivity contribution is -0.113. The predicted molar refractivity (Wildman–Crippen MR) is 159 cm³/mol. The predicted octanol–water partition coefficient (Wildman–Crippen LogP) is 6.48. The van der Waals surface area contributed by atoms with Crippen molar-refractivity contribution in [2.75, 3.05) is 26.6 Å². The average molecular weight is 546 g/mol. The Kier molecular flexibility index (Phi) is 8.86. The first-order valence-electron chi connectivity index (χ1n) is 12.7. The van der Waals surface area contributed by atoms with Crippen LogP contribution in [0.4, 0.5) is 5.69 Å². The maximum atomic E-state index is 13.6. The van der Waals surface area contributed by atoms with E-state index in [0.29, 0.717) is 28.5 Å². The van der Waals surface area contributed by atoms with Crippen LogP contribution in [0.5, 0.6) is 17.2 Å². The molecule has 0 aromatic heterocycles. The lowest BCUT2D eigenvalue weighted by atomic mass is 9.95. The van der Waals surface area contributed by atoms with Gasteiger partial charge in [-0.1, -0.05) is 47.7 Å². The zero-order valence-corrected chi connectivity index (χ0v) is 24.3. The molecule has 2 N–H and O–H groups in total. The lowest BCUT2D eigenvalue weighted by Crippen LogP contribution is -2.32. The second-order valence-electron chi connectivity index (χ2n) is 9.45. The van der Waals surface area contributed by atoms with Crippen LogP contribution < -0.4 is 24.8 Å². The summed E-state index contributed by atoms with van der Waals surface area (Å²) in [6, 6.07) is 16.9. The summed E-state index contributed by atoms with van der Waals surface area (Å²) < 4.78 is 16.7. The summed E-state index contributed by atoms with van der Waals surface area (Å²) in [5.74, 6) is 2.01. The van der Waals surface area contributed by atoms with Crippen molar-refractivity contribution in [1.82, 2.24) is 5.32 Å². The molecule has 0 unspecified atom stereocenters. The highest BCUT2D eigenvalue weighted by Crippen LogP contribution is 2.43. The van der Waals surface area contributed by atoms with Crippen LogP contribution in [0.3, 0.4) is 0 Å². The Morgan fingerprint density at radius 3 is 2.10 bits per heavy atom. The summed E-state index contributed by atoms with van der Waals surface area (Å²) in [5, 5.41) is 7.13. The molecule has 3 aromatic rings. The highest BCUT2D eigenvalue weighted by Gasteiger charge is 2.31. The number of carbonyl (C=O) groups is 1. The highest BCUT2D eigenvalue weighted by molar-refractivity contribution is 8.13. The summed E-state index contributed by atoms with van der Waals surface area (Å²) >= 11 is 1.62. The summed E-state index contributed by atoms with van der Waals surface area (Å²) in [4.78, 5) is 18.7. The number of benzene rings is 3. The molecule has 204 valence electrons. The van der Waals surface area contributed by atoms with E-state index in [1.807, 2.05) is 49.4 Å². The normalized spacial score (nSPS) is 14.8. The number of aryl methyl sites for hydroxylation is 3. The van der Waals surface area contributed by atoms with E-state index in [1.54, 1.807) is 33.1 Å². The Morgan fingerprint density at radius 2 is 1.54 bits per heavy atom. The Morgan fingerprint density at radius 1 is 0.923 bits per heavy atom. The fourth-order valence-corrected chi connectivity index (χ4v) is 5.95. The van der Waals surface area contributed by atoms with Gasteiger partial charge in [0, 0.05) is 17.1 Å². The maximum Gasteiger partial charge on any atom is 0.255 e. The molecule has 1 aliphatic rings. The first-order chi connectivity index (χ1) is 18.7. The average Bonchev–Trinajstić information content (AvgIpc) is 2.91. The zero-order chi connectivity index (χ0) is 28.1. The Bertz CT molecular complexity index is 1380. The van der Waals surface area contributed by atoms with Crippen molar-refractivity contribution in [3.8, 4) is 17.2 Å². The largest absolute Gasteiger partial charge is 0.493 e. The van der Waals surface area contributed by atoms with Gasteiger partial charge in [-0.25, -0.2) is 4.99 Å².